The van der Waals surface area contributed by atoms with Crippen molar-refractivity contribution in [1.82, 2.24) is 19.9 Å². The first kappa shape index (κ1) is 25.1. The number of aryl methyl sites for hydroxylation is 2. The fraction of sp³-hybridized carbons (Fsp3) is 0.407. The number of rotatable bonds is 5. The fourth-order valence-electron chi connectivity index (χ4n) is 3.30. The molecule has 7 nitrogen and oxygen atoms in total. The Morgan fingerprint density at radius 2 is 1.68 bits per heavy atom. The molecule has 3 aromatic rings. The molecule has 0 spiro atoms. The van der Waals surface area contributed by atoms with Crippen molar-refractivity contribution in [3.8, 4) is 5.69 Å². The number of aromatic nitrogens is 3. The largest absolute Gasteiger partial charge is 0.350 e. The number of carbonyl (C=O) groups excluding carboxylic acids is 2. The summed E-state index contributed by atoms with van der Waals surface area (Å²) in [5, 5.41) is 5.91. The van der Waals surface area contributed by atoms with Crippen LogP contribution in [0.15, 0.2) is 43.0 Å². The van der Waals surface area contributed by atoms with E-state index >= 15 is 0 Å². The van der Waals surface area contributed by atoms with E-state index in [-0.39, 0.29) is 22.6 Å². The molecule has 0 aliphatic rings. The highest BCUT2D eigenvalue weighted by molar-refractivity contribution is 6.05. The van der Waals surface area contributed by atoms with Crippen LogP contribution in [0, 0.1) is 19.3 Å². The molecular formula is C27H35N5O2. The molecule has 180 valence electrons. The smallest absolute Gasteiger partial charge is 0.271 e. The Labute approximate surface area is 202 Å². The minimum Gasteiger partial charge on any atom is -0.350 e. The Kier molecular flexibility index (Phi) is 6.96. The first-order chi connectivity index (χ1) is 15.7. The molecule has 0 bridgehead atoms. The van der Waals surface area contributed by atoms with Crippen molar-refractivity contribution in [3.63, 3.8) is 0 Å². The molecule has 7 heteroatoms. The lowest BCUT2D eigenvalue weighted by atomic mass is 9.88. The highest BCUT2D eigenvalue weighted by atomic mass is 16.2. The van der Waals surface area contributed by atoms with Gasteiger partial charge in [0, 0.05) is 24.5 Å². The summed E-state index contributed by atoms with van der Waals surface area (Å²) in [6, 6.07) is 7.46. The zero-order chi connectivity index (χ0) is 25.3. The molecule has 0 atom stereocenters. The Morgan fingerprint density at radius 1 is 0.971 bits per heavy atom. The zero-order valence-corrected chi connectivity index (χ0v) is 21.4. The van der Waals surface area contributed by atoms with Crippen molar-refractivity contribution < 1.29 is 9.59 Å². The van der Waals surface area contributed by atoms with Gasteiger partial charge >= 0.3 is 0 Å². The summed E-state index contributed by atoms with van der Waals surface area (Å²) in [7, 11) is 0. The molecule has 1 aromatic carbocycles. The van der Waals surface area contributed by atoms with E-state index < -0.39 is 0 Å². The molecule has 2 N–H and O–H groups in total. The molecule has 34 heavy (non-hydrogen) atoms. The number of nitrogens with zero attached hydrogens (tertiary/aromatic N) is 3. The summed E-state index contributed by atoms with van der Waals surface area (Å²) < 4.78 is 1.77. The van der Waals surface area contributed by atoms with Gasteiger partial charge in [0.25, 0.3) is 11.8 Å². The molecule has 2 heterocycles. The van der Waals surface area contributed by atoms with Crippen LogP contribution in [0.1, 0.15) is 79.2 Å². The van der Waals surface area contributed by atoms with Crippen molar-refractivity contribution in [1.29, 1.82) is 0 Å². The van der Waals surface area contributed by atoms with Crippen LogP contribution in [0.5, 0.6) is 0 Å². The van der Waals surface area contributed by atoms with E-state index in [1.165, 1.54) is 0 Å². The van der Waals surface area contributed by atoms with Gasteiger partial charge in [-0.05, 0) is 54.0 Å². The topological polar surface area (TPSA) is 88.9 Å². The highest BCUT2D eigenvalue weighted by Gasteiger charge is 2.18. The van der Waals surface area contributed by atoms with E-state index in [4.69, 9.17) is 0 Å². The lowest BCUT2D eigenvalue weighted by molar-refractivity contribution is 0.0934. The number of benzene rings is 1. The van der Waals surface area contributed by atoms with Gasteiger partial charge in [-0.1, -0.05) is 47.6 Å². The van der Waals surface area contributed by atoms with Gasteiger partial charge in [0.1, 0.15) is 12.0 Å². The van der Waals surface area contributed by atoms with Gasteiger partial charge in [-0.2, -0.15) is 0 Å². The summed E-state index contributed by atoms with van der Waals surface area (Å²) in [5.74, 6) is -0.442. The first-order valence-corrected chi connectivity index (χ1v) is 11.5. The zero-order valence-electron chi connectivity index (χ0n) is 21.4. The van der Waals surface area contributed by atoms with Crippen molar-refractivity contribution in [2.45, 2.75) is 60.8 Å². The summed E-state index contributed by atoms with van der Waals surface area (Å²) in [6.45, 7) is 16.9. The lowest BCUT2D eigenvalue weighted by Crippen LogP contribution is -2.32. The van der Waals surface area contributed by atoms with E-state index in [0.717, 1.165) is 22.5 Å². The number of anilines is 1. The van der Waals surface area contributed by atoms with Crippen LogP contribution in [0.3, 0.4) is 0 Å². The number of hydrogen-bond donors (Lipinski definition) is 2. The quantitative estimate of drug-likeness (QED) is 0.546. The van der Waals surface area contributed by atoms with Crippen LogP contribution >= 0.6 is 0 Å². The van der Waals surface area contributed by atoms with Gasteiger partial charge in [-0.15, -0.1) is 0 Å². The monoisotopic (exact) mass is 461 g/mol. The van der Waals surface area contributed by atoms with Crippen LogP contribution in [-0.4, -0.2) is 32.9 Å². The van der Waals surface area contributed by atoms with E-state index in [9.17, 15) is 9.59 Å². The first-order valence-electron chi connectivity index (χ1n) is 11.5. The van der Waals surface area contributed by atoms with Gasteiger partial charge < -0.3 is 15.2 Å². The van der Waals surface area contributed by atoms with Crippen LogP contribution in [0.4, 0.5) is 5.69 Å². The summed E-state index contributed by atoms with van der Waals surface area (Å²) in [5.41, 5.74) is 5.00. The molecule has 0 aliphatic heterocycles. The van der Waals surface area contributed by atoms with E-state index in [1.54, 1.807) is 29.2 Å². The molecule has 0 radical (unpaired) electrons. The number of amides is 2. The molecule has 3 rings (SSSR count). The third kappa shape index (κ3) is 6.10. The maximum Gasteiger partial charge on any atom is 0.271 e. The molecule has 0 fully saturated rings. The molecule has 0 saturated heterocycles. The van der Waals surface area contributed by atoms with E-state index in [2.05, 4.69) is 62.1 Å². The molecule has 0 unspecified atom stereocenters. The maximum absolute atomic E-state index is 13.1. The van der Waals surface area contributed by atoms with Gasteiger partial charge in [-0.3, -0.25) is 14.6 Å². The maximum atomic E-state index is 13.1. The van der Waals surface area contributed by atoms with Crippen molar-refractivity contribution >= 4 is 17.5 Å². The Balaban J connectivity index is 1.83. The third-order valence-corrected chi connectivity index (χ3v) is 5.55. The van der Waals surface area contributed by atoms with Gasteiger partial charge in [0.05, 0.1) is 17.1 Å². The lowest BCUT2D eigenvalue weighted by Gasteiger charge is -2.20. The predicted octanol–water partition coefficient (Wildman–Crippen LogP) is 5.21. The van der Waals surface area contributed by atoms with E-state index in [0.29, 0.717) is 23.5 Å². The molecular weight excluding hydrogens is 426 g/mol. The standard InChI is InChI=1S/C27H35N5O2/c1-17-9-10-19(24(33)31-21-12-20(27(6,7)8)13-28-18(21)2)11-23(17)32-14-22(30-16-32)25(34)29-15-26(3,4)5/h9-14,16H,15H2,1-8H3,(H,29,34)(H,31,33). The Hall–Kier alpha value is -3.48. The van der Waals surface area contributed by atoms with Crippen molar-refractivity contribution in [3.05, 3.63) is 71.1 Å². The number of pyridine rings is 1. The number of nitrogens with one attached hydrogen (secondary N) is 2. The van der Waals surface area contributed by atoms with Gasteiger partial charge in [0.15, 0.2) is 0 Å². The fourth-order valence-corrected chi connectivity index (χ4v) is 3.30. The van der Waals surface area contributed by atoms with Crippen molar-refractivity contribution in [2.24, 2.45) is 5.41 Å². The number of carbonyl (C=O) groups is 2. The SMILES string of the molecule is Cc1ccc(C(=O)Nc2cc(C(C)(C)C)cnc2C)cc1-n1cnc(C(=O)NCC(C)(C)C)c1. The molecule has 0 saturated carbocycles. The van der Waals surface area contributed by atoms with Crippen molar-refractivity contribution in [2.75, 3.05) is 11.9 Å². The average molecular weight is 462 g/mol. The Bertz CT molecular complexity index is 1210. The van der Waals surface area contributed by atoms with Crippen LogP contribution in [-0.2, 0) is 5.41 Å². The third-order valence-electron chi connectivity index (χ3n) is 5.55. The second kappa shape index (κ2) is 9.41. The Morgan fingerprint density at radius 3 is 2.32 bits per heavy atom. The summed E-state index contributed by atoms with van der Waals surface area (Å²) in [4.78, 5) is 34.3. The highest BCUT2D eigenvalue weighted by Crippen LogP contribution is 2.26. The normalized spacial score (nSPS) is 11.9. The van der Waals surface area contributed by atoms with E-state index in [1.807, 2.05) is 32.2 Å². The molecule has 2 aromatic heterocycles. The predicted molar refractivity (Wildman–Crippen MR) is 136 cm³/mol. The van der Waals surface area contributed by atoms with Crippen LogP contribution in [0.25, 0.3) is 5.69 Å². The molecule has 0 aliphatic carbocycles. The second-order valence-electron chi connectivity index (χ2n) is 11.0. The van der Waals surface area contributed by atoms with Gasteiger partial charge in [-0.25, -0.2) is 4.98 Å². The number of imidazole rings is 1. The number of hydrogen-bond acceptors (Lipinski definition) is 4. The average Bonchev–Trinajstić information content (AvgIpc) is 3.22. The van der Waals surface area contributed by atoms with Gasteiger partial charge in [0.2, 0.25) is 0 Å². The molecule has 2 amide bonds. The second-order valence-corrected chi connectivity index (χ2v) is 11.0. The van der Waals surface area contributed by atoms with Crippen LogP contribution < -0.4 is 10.6 Å². The minimum atomic E-state index is -0.222. The minimum absolute atomic E-state index is 0.0171. The summed E-state index contributed by atoms with van der Waals surface area (Å²) in [6.07, 6.45) is 5.13. The van der Waals surface area contributed by atoms with Crippen LogP contribution in [0.2, 0.25) is 0 Å². The summed E-state index contributed by atoms with van der Waals surface area (Å²) >= 11 is 0.